The summed E-state index contributed by atoms with van der Waals surface area (Å²) in [7, 11) is 1.54. The monoisotopic (exact) mass is 425 g/mol. The number of benzene rings is 3. The van der Waals surface area contributed by atoms with Gasteiger partial charge in [-0.2, -0.15) is 4.31 Å². The number of carbonyl (C=O) groups excluding carboxylic acids is 1. The maximum Gasteiger partial charge on any atom is 0.243 e. The van der Waals surface area contributed by atoms with Crippen LogP contribution in [0.15, 0.2) is 77.7 Å². The van der Waals surface area contributed by atoms with Gasteiger partial charge in [-0.3, -0.25) is 4.79 Å². The second-order valence-electron chi connectivity index (χ2n) is 7.46. The second-order valence-corrected chi connectivity index (χ2v) is 9.51. The number of sulfonamides is 1. The predicted octanol–water partition coefficient (Wildman–Crippen LogP) is 2.88. The molecule has 0 aliphatic rings. The number of hydrogen-bond donors (Lipinski definition) is 1. The average molecular weight is 426 g/mol. The van der Waals surface area contributed by atoms with Crippen molar-refractivity contribution in [2.24, 2.45) is 0 Å². The Kier molecular flexibility index (Phi) is 6.87. The molecule has 0 saturated heterocycles. The molecule has 0 saturated carbocycles. The third-order valence-corrected chi connectivity index (χ3v) is 6.90. The van der Waals surface area contributed by atoms with Crippen LogP contribution in [0.25, 0.3) is 10.8 Å². The molecule has 1 unspecified atom stereocenters. The van der Waals surface area contributed by atoms with Gasteiger partial charge in [-0.1, -0.05) is 60.7 Å². The van der Waals surface area contributed by atoms with Gasteiger partial charge >= 0.3 is 0 Å². The summed E-state index contributed by atoms with van der Waals surface area (Å²) in [6, 6.07) is 22.4. The van der Waals surface area contributed by atoms with Crippen molar-refractivity contribution in [3.63, 3.8) is 0 Å². The van der Waals surface area contributed by atoms with Crippen LogP contribution < -0.4 is 5.32 Å². The number of nitrogens with one attached hydrogen (secondary N) is 1. The van der Waals surface area contributed by atoms with E-state index in [9.17, 15) is 13.2 Å². The molecule has 3 aromatic rings. The zero-order chi connectivity index (χ0) is 21.7. The fourth-order valence-corrected chi connectivity index (χ4v) is 4.50. The highest BCUT2D eigenvalue weighted by Gasteiger charge is 2.24. The number of hydrogen-bond acceptors (Lipinski definition) is 4. The molecule has 7 heteroatoms. The molecule has 0 fully saturated rings. The minimum atomic E-state index is -3.77. The van der Waals surface area contributed by atoms with Crippen molar-refractivity contribution >= 4 is 26.7 Å². The fraction of sp³-hybridized carbons (Fsp3) is 0.261. The molecule has 0 radical (unpaired) electrons. The van der Waals surface area contributed by atoms with Crippen LogP contribution in [0.2, 0.25) is 0 Å². The fourth-order valence-electron chi connectivity index (χ4n) is 3.34. The van der Waals surface area contributed by atoms with Crippen molar-refractivity contribution in [3.8, 4) is 0 Å². The molecule has 1 atom stereocenters. The van der Waals surface area contributed by atoms with Crippen LogP contribution in [0.5, 0.6) is 0 Å². The Morgan fingerprint density at radius 1 is 0.900 bits per heavy atom. The van der Waals surface area contributed by atoms with Crippen molar-refractivity contribution in [2.45, 2.75) is 10.9 Å². The van der Waals surface area contributed by atoms with E-state index >= 15 is 0 Å². The van der Waals surface area contributed by atoms with Gasteiger partial charge in [0.15, 0.2) is 0 Å². The van der Waals surface area contributed by atoms with E-state index in [0.717, 1.165) is 20.6 Å². The molecule has 0 aromatic heterocycles. The van der Waals surface area contributed by atoms with E-state index in [1.54, 1.807) is 18.2 Å². The lowest BCUT2D eigenvalue weighted by Crippen LogP contribution is -2.41. The number of carbonyl (C=O) groups is 1. The first-order valence-electron chi connectivity index (χ1n) is 9.72. The Morgan fingerprint density at radius 3 is 2.20 bits per heavy atom. The normalized spacial score (nSPS) is 13.0. The summed E-state index contributed by atoms with van der Waals surface area (Å²) in [6.07, 6.45) is 0. The van der Waals surface area contributed by atoms with E-state index < -0.39 is 10.0 Å². The quantitative estimate of drug-likeness (QED) is 0.603. The molecule has 158 valence electrons. The van der Waals surface area contributed by atoms with Crippen LogP contribution in [0.3, 0.4) is 0 Å². The van der Waals surface area contributed by atoms with Crippen molar-refractivity contribution in [3.05, 3.63) is 78.4 Å². The minimum Gasteiger partial charge on any atom is -0.353 e. The number of nitrogens with zero attached hydrogens (tertiary/aromatic N) is 2. The van der Waals surface area contributed by atoms with Crippen molar-refractivity contribution in [2.75, 3.05) is 34.2 Å². The standard InChI is InChI=1S/C23H27N3O3S/c1-25(2)22(19-10-5-4-6-11-19)16-24-23(27)17-26(3)30(28,29)21-14-13-18-9-7-8-12-20(18)15-21/h4-15,22H,16-17H2,1-3H3,(H,24,27). The molecule has 0 bridgehead atoms. The molecule has 1 N–H and O–H groups in total. The van der Waals surface area contributed by atoms with Gasteiger partial charge in [0, 0.05) is 13.6 Å². The van der Waals surface area contributed by atoms with Crippen LogP contribution in [0, 0.1) is 0 Å². The summed E-state index contributed by atoms with van der Waals surface area (Å²) in [5, 5.41) is 4.67. The third-order valence-electron chi connectivity index (χ3n) is 5.10. The average Bonchev–Trinajstić information content (AvgIpc) is 2.74. The third kappa shape index (κ3) is 5.05. The molecular weight excluding hydrogens is 398 g/mol. The van der Waals surface area contributed by atoms with E-state index in [4.69, 9.17) is 0 Å². The smallest absolute Gasteiger partial charge is 0.243 e. The summed E-state index contributed by atoms with van der Waals surface area (Å²) in [5.74, 6) is -0.343. The zero-order valence-electron chi connectivity index (χ0n) is 17.4. The van der Waals surface area contributed by atoms with Gasteiger partial charge in [0.25, 0.3) is 0 Å². The topological polar surface area (TPSA) is 69.7 Å². The Bertz CT molecular complexity index is 1110. The minimum absolute atomic E-state index is 0.00227. The lowest BCUT2D eigenvalue weighted by molar-refractivity contribution is -0.121. The van der Waals surface area contributed by atoms with E-state index in [-0.39, 0.29) is 23.4 Å². The zero-order valence-corrected chi connectivity index (χ0v) is 18.3. The molecule has 1 amide bonds. The summed E-state index contributed by atoms with van der Waals surface area (Å²) >= 11 is 0. The molecule has 0 spiro atoms. The predicted molar refractivity (Wildman–Crippen MR) is 120 cm³/mol. The summed E-state index contributed by atoms with van der Waals surface area (Å²) < 4.78 is 26.9. The van der Waals surface area contributed by atoms with E-state index in [1.165, 1.54) is 7.05 Å². The molecule has 0 heterocycles. The van der Waals surface area contributed by atoms with E-state index in [2.05, 4.69) is 5.32 Å². The number of likely N-dealkylation sites (N-methyl/N-ethyl adjacent to an activating group) is 2. The van der Waals surface area contributed by atoms with Gasteiger partial charge < -0.3 is 10.2 Å². The van der Waals surface area contributed by atoms with Crippen LogP contribution in [0.1, 0.15) is 11.6 Å². The van der Waals surface area contributed by atoms with E-state index in [1.807, 2.05) is 73.6 Å². The van der Waals surface area contributed by atoms with E-state index in [0.29, 0.717) is 6.54 Å². The number of rotatable bonds is 8. The molecule has 0 aliphatic heterocycles. The molecular formula is C23H27N3O3S. The van der Waals surface area contributed by atoms with Gasteiger partial charge in [-0.15, -0.1) is 0 Å². The van der Waals surface area contributed by atoms with Crippen LogP contribution >= 0.6 is 0 Å². The molecule has 6 nitrogen and oxygen atoms in total. The van der Waals surface area contributed by atoms with Crippen LogP contribution in [-0.2, 0) is 14.8 Å². The highest BCUT2D eigenvalue weighted by Crippen LogP contribution is 2.21. The van der Waals surface area contributed by atoms with Crippen molar-refractivity contribution < 1.29 is 13.2 Å². The highest BCUT2D eigenvalue weighted by molar-refractivity contribution is 7.89. The highest BCUT2D eigenvalue weighted by atomic mass is 32.2. The SMILES string of the molecule is CN(C)C(CNC(=O)CN(C)S(=O)(=O)c1ccc2ccccc2c1)c1ccccc1. The maximum absolute atomic E-state index is 12.9. The Labute approximate surface area is 178 Å². The first-order valence-corrected chi connectivity index (χ1v) is 11.2. The molecule has 3 aromatic carbocycles. The first-order chi connectivity index (χ1) is 14.3. The Hall–Kier alpha value is -2.74. The summed E-state index contributed by atoms with van der Waals surface area (Å²) in [5.41, 5.74) is 1.08. The Morgan fingerprint density at radius 2 is 1.53 bits per heavy atom. The van der Waals surface area contributed by atoms with Crippen molar-refractivity contribution in [1.82, 2.24) is 14.5 Å². The maximum atomic E-state index is 12.9. The van der Waals surface area contributed by atoms with Gasteiger partial charge in [0.05, 0.1) is 17.5 Å². The number of fused-ring (bicyclic) bond motifs is 1. The van der Waals surface area contributed by atoms with Gasteiger partial charge in [-0.25, -0.2) is 8.42 Å². The lowest BCUT2D eigenvalue weighted by atomic mass is 10.1. The summed E-state index contributed by atoms with van der Waals surface area (Å²) in [6.45, 7) is 0.143. The molecule has 30 heavy (non-hydrogen) atoms. The Balaban J connectivity index is 1.66. The second kappa shape index (κ2) is 9.38. The molecule has 3 rings (SSSR count). The van der Waals surface area contributed by atoms with Crippen LogP contribution in [0.4, 0.5) is 0 Å². The van der Waals surface area contributed by atoms with Crippen LogP contribution in [-0.4, -0.2) is 57.8 Å². The molecule has 0 aliphatic carbocycles. The van der Waals surface area contributed by atoms with Crippen molar-refractivity contribution in [1.29, 1.82) is 0 Å². The lowest BCUT2D eigenvalue weighted by Gasteiger charge is -2.25. The first kappa shape index (κ1) is 22.0. The van der Waals surface area contributed by atoms with Gasteiger partial charge in [-0.05, 0) is 42.6 Å². The number of amides is 1. The summed E-state index contributed by atoms with van der Waals surface area (Å²) in [4.78, 5) is 14.7. The largest absolute Gasteiger partial charge is 0.353 e. The van der Waals surface area contributed by atoms with Gasteiger partial charge in [0.1, 0.15) is 0 Å². The van der Waals surface area contributed by atoms with Gasteiger partial charge in [0.2, 0.25) is 15.9 Å².